The maximum Gasteiger partial charge on any atom is 0.191 e. The minimum absolute atomic E-state index is 0.583. The number of aryl methyl sites for hydroxylation is 1. The number of methoxy groups -OCH3 is 1. The van der Waals surface area contributed by atoms with E-state index in [9.17, 15) is 0 Å². The largest absolute Gasteiger partial charge is 0.497 e. The van der Waals surface area contributed by atoms with Crippen LogP contribution in [0.2, 0.25) is 0 Å². The number of ether oxygens (including phenoxy) is 1. The van der Waals surface area contributed by atoms with Gasteiger partial charge in [0, 0.05) is 24.3 Å². The second kappa shape index (κ2) is 8.48. The van der Waals surface area contributed by atoms with Crippen LogP contribution in [0.25, 0.3) is 5.69 Å². The SMILES string of the molecule is CN=C(NCc1ccn(-c2ccc(OC)cc2)n1)NCc1ncc(C)s1. The Labute approximate surface area is 156 Å². The monoisotopic (exact) mass is 370 g/mol. The van der Waals surface area contributed by atoms with Crippen LogP contribution < -0.4 is 15.4 Å². The fraction of sp³-hybridized carbons (Fsp3) is 0.278. The first-order valence-corrected chi connectivity index (χ1v) is 9.04. The van der Waals surface area contributed by atoms with E-state index in [2.05, 4.69) is 25.7 Å². The van der Waals surface area contributed by atoms with Gasteiger partial charge in [-0.3, -0.25) is 4.99 Å². The molecule has 0 aliphatic carbocycles. The predicted molar refractivity (Wildman–Crippen MR) is 104 cm³/mol. The Morgan fingerprint density at radius 1 is 1.19 bits per heavy atom. The molecule has 0 saturated heterocycles. The zero-order valence-electron chi connectivity index (χ0n) is 15.1. The Morgan fingerprint density at radius 3 is 2.62 bits per heavy atom. The highest BCUT2D eigenvalue weighted by Crippen LogP contribution is 2.14. The summed E-state index contributed by atoms with van der Waals surface area (Å²) in [6, 6.07) is 9.76. The van der Waals surface area contributed by atoms with E-state index >= 15 is 0 Å². The Morgan fingerprint density at radius 2 is 1.96 bits per heavy atom. The summed E-state index contributed by atoms with van der Waals surface area (Å²) in [4.78, 5) is 9.77. The number of nitrogens with one attached hydrogen (secondary N) is 2. The van der Waals surface area contributed by atoms with Gasteiger partial charge >= 0.3 is 0 Å². The van der Waals surface area contributed by atoms with Crippen LogP contribution in [0.4, 0.5) is 0 Å². The van der Waals surface area contributed by atoms with Gasteiger partial charge in [-0.05, 0) is 37.3 Å². The normalized spacial score (nSPS) is 11.4. The van der Waals surface area contributed by atoms with Crippen molar-refractivity contribution in [3.63, 3.8) is 0 Å². The third-order valence-electron chi connectivity index (χ3n) is 3.72. The van der Waals surface area contributed by atoms with E-state index in [1.165, 1.54) is 4.88 Å². The minimum atomic E-state index is 0.583. The average molecular weight is 370 g/mol. The molecule has 8 heteroatoms. The molecule has 3 rings (SSSR count). The lowest BCUT2D eigenvalue weighted by molar-refractivity contribution is 0.414. The van der Waals surface area contributed by atoms with E-state index in [4.69, 9.17) is 4.74 Å². The average Bonchev–Trinajstić information content (AvgIpc) is 3.31. The number of nitrogens with zero attached hydrogens (tertiary/aromatic N) is 4. The van der Waals surface area contributed by atoms with Crippen LogP contribution in [0.15, 0.2) is 47.7 Å². The molecule has 0 aliphatic heterocycles. The molecule has 2 aromatic heterocycles. The number of aromatic nitrogens is 3. The Hall–Kier alpha value is -2.87. The number of aliphatic imine (C=N–C) groups is 1. The third-order valence-corrected chi connectivity index (χ3v) is 4.63. The second-order valence-corrected chi connectivity index (χ2v) is 6.91. The van der Waals surface area contributed by atoms with Gasteiger partial charge in [-0.15, -0.1) is 11.3 Å². The Kier molecular flexibility index (Phi) is 5.85. The molecule has 2 heterocycles. The molecule has 3 aromatic rings. The van der Waals surface area contributed by atoms with Gasteiger partial charge in [-0.1, -0.05) is 0 Å². The van der Waals surface area contributed by atoms with Crippen LogP contribution in [0.1, 0.15) is 15.6 Å². The van der Waals surface area contributed by atoms with Gasteiger partial charge < -0.3 is 15.4 Å². The molecule has 1 aromatic carbocycles. The molecule has 7 nitrogen and oxygen atoms in total. The molecule has 0 radical (unpaired) electrons. The molecule has 0 atom stereocenters. The molecule has 0 spiro atoms. The van der Waals surface area contributed by atoms with Crippen LogP contribution in [-0.4, -0.2) is 34.9 Å². The first-order valence-electron chi connectivity index (χ1n) is 8.22. The van der Waals surface area contributed by atoms with E-state index in [-0.39, 0.29) is 0 Å². The van der Waals surface area contributed by atoms with Crippen molar-refractivity contribution in [2.24, 2.45) is 4.99 Å². The second-order valence-electron chi connectivity index (χ2n) is 5.59. The highest BCUT2D eigenvalue weighted by molar-refractivity contribution is 7.11. The number of hydrogen-bond acceptors (Lipinski definition) is 5. The lowest BCUT2D eigenvalue weighted by atomic mass is 10.3. The molecular weight excluding hydrogens is 348 g/mol. The number of benzene rings is 1. The van der Waals surface area contributed by atoms with E-state index < -0.39 is 0 Å². The van der Waals surface area contributed by atoms with Crippen LogP contribution in [0.5, 0.6) is 5.75 Å². The van der Waals surface area contributed by atoms with Crippen LogP contribution in [0, 0.1) is 6.92 Å². The molecule has 0 fully saturated rings. The first-order chi connectivity index (χ1) is 12.7. The zero-order valence-corrected chi connectivity index (χ0v) is 15.9. The fourth-order valence-corrected chi connectivity index (χ4v) is 3.10. The number of guanidine groups is 1. The highest BCUT2D eigenvalue weighted by atomic mass is 32.1. The van der Waals surface area contributed by atoms with Gasteiger partial charge in [0.2, 0.25) is 0 Å². The van der Waals surface area contributed by atoms with Gasteiger partial charge in [0.1, 0.15) is 10.8 Å². The standard InChI is InChI=1S/C18H22N6OS/c1-13-10-20-17(26-13)12-22-18(19-2)21-11-14-8-9-24(23-14)15-4-6-16(25-3)7-5-15/h4-10H,11-12H2,1-3H3,(H2,19,21,22). The van der Waals surface area contributed by atoms with Gasteiger partial charge in [-0.25, -0.2) is 9.67 Å². The van der Waals surface area contributed by atoms with Crippen molar-refractivity contribution < 1.29 is 4.74 Å². The van der Waals surface area contributed by atoms with Gasteiger partial charge in [0.05, 0.1) is 31.6 Å². The van der Waals surface area contributed by atoms with Crippen LogP contribution >= 0.6 is 11.3 Å². The van der Waals surface area contributed by atoms with Crippen LogP contribution in [0.3, 0.4) is 0 Å². The topological polar surface area (TPSA) is 76.4 Å². The van der Waals surface area contributed by atoms with E-state index in [1.54, 1.807) is 25.5 Å². The molecule has 0 unspecified atom stereocenters. The summed E-state index contributed by atoms with van der Waals surface area (Å²) in [5.41, 5.74) is 1.91. The smallest absolute Gasteiger partial charge is 0.191 e. The lowest BCUT2D eigenvalue weighted by Crippen LogP contribution is -2.36. The summed E-state index contributed by atoms with van der Waals surface area (Å²) in [5.74, 6) is 1.55. The molecule has 2 N–H and O–H groups in total. The van der Waals surface area contributed by atoms with Crippen molar-refractivity contribution in [1.82, 2.24) is 25.4 Å². The minimum Gasteiger partial charge on any atom is -0.497 e. The Bertz CT molecular complexity index is 868. The quantitative estimate of drug-likeness (QED) is 0.515. The van der Waals surface area contributed by atoms with E-state index in [0.29, 0.717) is 13.1 Å². The maximum atomic E-state index is 5.18. The summed E-state index contributed by atoms with van der Waals surface area (Å²) in [6.45, 7) is 3.28. The van der Waals surface area contributed by atoms with E-state index in [0.717, 1.165) is 28.1 Å². The number of thiazole rings is 1. The summed E-state index contributed by atoms with van der Waals surface area (Å²) < 4.78 is 7.02. The molecule has 26 heavy (non-hydrogen) atoms. The Balaban J connectivity index is 1.54. The molecule has 0 saturated carbocycles. The summed E-state index contributed by atoms with van der Waals surface area (Å²) in [5, 5.41) is 12.1. The zero-order chi connectivity index (χ0) is 18.4. The van der Waals surface area contributed by atoms with Crippen molar-refractivity contribution in [2.75, 3.05) is 14.2 Å². The molecule has 136 valence electrons. The predicted octanol–water partition coefficient (Wildman–Crippen LogP) is 2.51. The van der Waals surface area contributed by atoms with E-state index in [1.807, 2.05) is 54.3 Å². The summed E-state index contributed by atoms with van der Waals surface area (Å²) in [7, 11) is 3.40. The summed E-state index contributed by atoms with van der Waals surface area (Å²) >= 11 is 1.68. The van der Waals surface area contributed by atoms with Crippen molar-refractivity contribution in [2.45, 2.75) is 20.0 Å². The van der Waals surface area contributed by atoms with Gasteiger partial charge in [0.25, 0.3) is 0 Å². The van der Waals surface area contributed by atoms with Crippen molar-refractivity contribution in [3.05, 3.63) is 58.3 Å². The molecule has 0 bridgehead atoms. The summed E-state index contributed by atoms with van der Waals surface area (Å²) in [6.07, 6.45) is 3.82. The molecule has 0 aliphatic rings. The van der Waals surface area contributed by atoms with Crippen molar-refractivity contribution in [3.8, 4) is 11.4 Å². The molecule has 0 amide bonds. The van der Waals surface area contributed by atoms with Crippen molar-refractivity contribution >= 4 is 17.3 Å². The van der Waals surface area contributed by atoms with Gasteiger partial charge in [0.15, 0.2) is 5.96 Å². The fourth-order valence-electron chi connectivity index (χ4n) is 2.37. The lowest BCUT2D eigenvalue weighted by Gasteiger charge is -2.09. The van der Waals surface area contributed by atoms with Gasteiger partial charge in [-0.2, -0.15) is 5.10 Å². The first kappa shape index (κ1) is 17.9. The number of rotatable bonds is 6. The van der Waals surface area contributed by atoms with Crippen molar-refractivity contribution in [1.29, 1.82) is 0 Å². The van der Waals surface area contributed by atoms with Crippen LogP contribution in [-0.2, 0) is 13.1 Å². The maximum absolute atomic E-state index is 5.18. The highest BCUT2D eigenvalue weighted by Gasteiger charge is 2.05. The third kappa shape index (κ3) is 4.60. The number of hydrogen-bond donors (Lipinski definition) is 2. The molecular formula is C18H22N6OS.